The largest absolute Gasteiger partial charge is 0.493 e. The number of ether oxygens (including phenoxy) is 2. The molecule has 102 valence electrons. The SMILES string of the molecule is Cc1ccccc1OCCCCCCOCCO. The summed E-state index contributed by atoms with van der Waals surface area (Å²) in [6.45, 7) is 4.16. The first-order valence-corrected chi connectivity index (χ1v) is 6.71. The number of benzene rings is 1. The standard InChI is InChI=1S/C15H24O3/c1-14-8-4-5-9-15(14)18-12-7-3-2-6-11-17-13-10-16/h4-5,8-9,16H,2-3,6-7,10-13H2,1H3. The molecule has 0 heterocycles. The fourth-order valence-electron chi connectivity index (χ4n) is 1.73. The molecule has 0 saturated heterocycles. The summed E-state index contributed by atoms with van der Waals surface area (Å²) < 4.78 is 10.9. The fraction of sp³-hybridized carbons (Fsp3) is 0.600. The molecule has 0 fully saturated rings. The molecule has 0 aliphatic heterocycles. The quantitative estimate of drug-likeness (QED) is 0.651. The third-order valence-electron chi connectivity index (χ3n) is 2.77. The average molecular weight is 252 g/mol. The lowest BCUT2D eigenvalue weighted by Crippen LogP contribution is -2.01. The normalized spacial score (nSPS) is 10.6. The number of aliphatic hydroxyl groups is 1. The smallest absolute Gasteiger partial charge is 0.122 e. The highest BCUT2D eigenvalue weighted by Crippen LogP contribution is 2.16. The van der Waals surface area contributed by atoms with Crippen molar-refractivity contribution in [2.75, 3.05) is 26.4 Å². The highest BCUT2D eigenvalue weighted by molar-refractivity contribution is 5.31. The number of aliphatic hydroxyl groups excluding tert-OH is 1. The summed E-state index contributed by atoms with van der Waals surface area (Å²) in [6.07, 6.45) is 4.45. The van der Waals surface area contributed by atoms with Crippen LogP contribution in [0.5, 0.6) is 5.75 Å². The van der Waals surface area contributed by atoms with Crippen molar-refractivity contribution in [3.05, 3.63) is 29.8 Å². The lowest BCUT2D eigenvalue weighted by atomic mass is 10.2. The predicted octanol–water partition coefficient (Wildman–Crippen LogP) is 2.94. The van der Waals surface area contributed by atoms with Gasteiger partial charge in [-0.2, -0.15) is 0 Å². The van der Waals surface area contributed by atoms with Crippen LogP contribution in [0.2, 0.25) is 0 Å². The van der Waals surface area contributed by atoms with E-state index in [1.165, 1.54) is 5.56 Å². The number of unbranched alkanes of at least 4 members (excludes halogenated alkanes) is 3. The van der Waals surface area contributed by atoms with E-state index in [1.54, 1.807) is 0 Å². The minimum absolute atomic E-state index is 0.115. The van der Waals surface area contributed by atoms with Gasteiger partial charge in [-0.05, 0) is 37.8 Å². The number of aryl methyl sites for hydroxylation is 1. The Balaban J connectivity index is 1.94. The van der Waals surface area contributed by atoms with Crippen molar-refractivity contribution >= 4 is 0 Å². The minimum Gasteiger partial charge on any atom is -0.493 e. The van der Waals surface area contributed by atoms with Crippen LogP contribution in [0.25, 0.3) is 0 Å². The zero-order valence-electron chi connectivity index (χ0n) is 11.2. The second-order valence-electron chi connectivity index (χ2n) is 4.36. The van der Waals surface area contributed by atoms with Crippen LogP contribution < -0.4 is 4.74 Å². The molecule has 1 aromatic carbocycles. The van der Waals surface area contributed by atoms with Gasteiger partial charge in [0, 0.05) is 6.61 Å². The Labute approximate surface area is 110 Å². The van der Waals surface area contributed by atoms with E-state index in [9.17, 15) is 0 Å². The molecule has 1 aromatic rings. The summed E-state index contributed by atoms with van der Waals surface area (Å²) in [7, 11) is 0. The second kappa shape index (κ2) is 9.92. The highest BCUT2D eigenvalue weighted by atomic mass is 16.5. The molecule has 0 aromatic heterocycles. The Morgan fingerprint density at radius 2 is 1.67 bits per heavy atom. The van der Waals surface area contributed by atoms with Crippen LogP contribution in [-0.2, 0) is 4.74 Å². The van der Waals surface area contributed by atoms with E-state index in [0.29, 0.717) is 6.61 Å². The fourth-order valence-corrected chi connectivity index (χ4v) is 1.73. The summed E-state index contributed by atoms with van der Waals surface area (Å²) >= 11 is 0. The van der Waals surface area contributed by atoms with E-state index in [1.807, 2.05) is 18.2 Å². The van der Waals surface area contributed by atoms with Gasteiger partial charge in [0.25, 0.3) is 0 Å². The van der Waals surface area contributed by atoms with E-state index in [-0.39, 0.29) is 6.61 Å². The molecule has 1 N–H and O–H groups in total. The van der Waals surface area contributed by atoms with Gasteiger partial charge in [-0.3, -0.25) is 0 Å². The molecule has 0 radical (unpaired) electrons. The number of para-hydroxylation sites is 1. The summed E-state index contributed by atoms with van der Waals surface area (Å²) in [5.74, 6) is 0.990. The van der Waals surface area contributed by atoms with Crippen LogP contribution >= 0.6 is 0 Å². The van der Waals surface area contributed by atoms with E-state index in [2.05, 4.69) is 13.0 Å². The van der Waals surface area contributed by atoms with Gasteiger partial charge in [-0.25, -0.2) is 0 Å². The molecule has 0 bridgehead atoms. The third kappa shape index (κ3) is 6.62. The van der Waals surface area contributed by atoms with Crippen molar-refractivity contribution in [1.29, 1.82) is 0 Å². The van der Waals surface area contributed by atoms with Crippen molar-refractivity contribution in [2.45, 2.75) is 32.6 Å². The van der Waals surface area contributed by atoms with Crippen molar-refractivity contribution in [3.8, 4) is 5.75 Å². The van der Waals surface area contributed by atoms with Gasteiger partial charge < -0.3 is 14.6 Å². The molecule has 1 rings (SSSR count). The first-order valence-electron chi connectivity index (χ1n) is 6.71. The average Bonchev–Trinajstić information content (AvgIpc) is 2.39. The first kappa shape index (κ1) is 15.0. The maximum atomic E-state index is 8.53. The van der Waals surface area contributed by atoms with Crippen LogP contribution in [0.1, 0.15) is 31.2 Å². The van der Waals surface area contributed by atoms with Gasteiger partial charge in [0.2, 0.25) is 0 Å². The van der Waals surface area contributed by atoms with Crippen LogP contribution in [0, 0.1) is 6.92 Å². The van der Waals surface area contributed by atoms with E-state index in [0.717, 1.165) is 44.6 Å². The molecule has 0 atom stereocenters. The molecule has 0 unspecified atom stereocenters. The molecule has 3 nitrogen and oxygen atoms in total. The molecule has 0 amide bonds. The van der Waals surface area contributed by atoms with Crippen molar-refractivity contribution in [1.82, 2.24) is 0 Å². The van der Waals surface area contributed by atoms with Gasteiger partial charge in [-0.15, -0.1) is 0 Å². The Bertz CT molecular complexity index is 312. The molecule has 0 saturated carbocycles. The second-order valence-corrected chi connectivity index (χ2v) is 4.36. The topological polar surface area (TPSA) is 38.7 Å². The molecule has 0 aliphatic carbocycles. The van der Waals surface area contributed by atoms with E-state index >= 15 is 0 Å². The highest BCUT2D eigenvalue weighted by Gasteiger charge is 1.97. The summed E-state index contributed by atoms with van der Waals surface area (Å²) in [6, 6.07) is 8.10. The Morgan fingerprint density at radius 1 is 0.944 bits per heavy atom. The predicted molar refractivity (Wildman–Crippen MR) is 73.0 cm³/mol. The molecular weight excluding hydrogens is 228 g/mol. The monoisotopic (exact) mass is 252 g/mol. The van der Waals surface area contributed by atoms with Gasteiger partial charge in [0.15, 0.2) is 0 Å². The van der Waals surface area contributed by atoms with Crippen molar-refractivity contribution < 1.29 is 14.6 Å². The van der Waals surface area contributed by atoms with Gasteiger partial charge in [-0.1, -0.05) is 24.6 Å². The Hall–Kier alpha value is -1.06. The van der Waals surface area contributed by atoms with Crippen LogP contribution in [0.15, 0.2) is 24.3 Å². The van der Waals surface area contributed by atoms with Gasteiger partial charge in [0.05, 0.1) is 19.8 Å². The molecule has 0 spiro atoms. The van der Waals surface area contributed by atoms with E-state index in [4.69, 9.17) is 14.6 Å². The van der Waals surface area contributed by atoms with Crippen molar-refractivity contribution in [2.24, 2.45) is 0 Å². The molecular formula is C15H24O3. The zero-order chi connectivity index (χ0) is 13.1. The molecule has 18 heavy (non-hydrogen) atoms. The van der Waals surface area contributed by atoms with Crippen LogP contribution in [-0.4, -0.2) is 31.5 Å². The maximum Gasteiger partial charge on any atom is 0.122 e. The lowest BCUT2D eigenvalue weighted by molar-refractivity contribution is 0.0894. The van der Waals surface area contributed by atoms with Crippen LogP contribution in [0.3, 0.4) is 0 Å². The van der Waals surface area contributed by atoms with Crippen molar-refractivity contribution in [3.63, 3.8) is 0 Å². The number of hydrogen-bond donors (Lipinski definition) is 1. The zero-order valence-corrected chi connectivity index (χ0v) is 11.2. The molecule has 0 aliphatic rings. The number of hydrogen-bond acceptors (Lipinski definition) is 3. The maximum absolute atomic E-state index is 8.53. The first-order chi connectivity index (χ1) is 8.84. The third-order valence-corrected chi connectivity index (χ3v) is 2.77. The van der Waals surface area contributed by atoms with Gasteiger partial charge >= 0.3 is 0 Å². The van der Waals surface area contributed by atoms with Crippen LogP contribution in [0.4, 0.5) is 0 Å². The number of rotatable bonds is 10. The lowest BCUT2D eigenvalue weighted by Gasteiger charge is -2.08. The minimum atomic E-state index is 0.115. The summed E-state index contributed by atoms with van der Waals surface area (Å²) in [4.78, 5) is 0. The molecule has 3 heteroatoms. The Morgan fingerprint density at radius 3 is 2.39 bits per heavy atom. The summed E-state index contributed by atoms with van der Waals surface area (Å²) in [5.41, 5.74) is 1.19. The Kier molecular flexibility index (Phi) is 8.26. The van der Waals surface area contributed by atoms with E-state index < -0.39 is 0 Å². The summed E-state index contributed by atoms with van der Waals surface area (Å²) in [5, 5.41) is 8.53. The van der Waals surface area contributed by atoms with Gasteiger partial charge in [0.1, 0.15) is 5.75 Å².